The van der Waals surface area contributed by atoms with Crippen molar-refractivity contribution >= 4 is 57.4 Å². The van der Waals surface area contributed by atoms with Crippen LogP contribution in [0.4, 0.5) is 11.6 Å². The third-order valence-corrected chi connectivity index (χ3v) is 9.98. The second-order valence-electron chi connectivity index (χ2n) is 10.5. The van der Waals surface area contributed by atoms with Crippen LogP contribution in [0.1, 0.15) is 12.5 Å². The van der Waals surface area contributed by atoms with Gasteiger partial charge in [0.1, 0.15) is 60.3 Å². The molecule has 48 heavy (non-hydrogen) atoms. The Morgan fingerprint density at radius 2 is 1.35 bits per heavy atom. The number of phosphoric ester groups is 3. The molecule has 0 radical (unpaired) electrons. The number of aliphatic hydroxyl groups is 1. The molecule has 4 aromatic heterocycles. The summed E-state index contributed by atoms with van der Waals surface area (Å²) in [5.41, 5.74) is 12.3. The van der Waals surface area contributed by atoms with E-state index >= 15 is 0 Å². The van der Waals surface area contributed by atoms with E-state index in [4.69, 9.17) is 39.0 Å². The third-order valence-electron chi connectivity index (χ3n) is 7.49. The predicted molar refractivity (Wildman–Crippen MR) is 152 cm³/mol. The van der Waals surface area contributed by atoms with Crippen molar-refractivity contribution in [3.8, 4) is 0 Å². The highest BCUT2D eigenvalue weighted by Gasteiger charge is 2.59. The second kappa shape index (κ2) is 12.1. The summed E-state index contributed by atoms with van der Waals surface area (Å²) in [6.07, 6.45) is -6.96. The van der Waals surface area contributed by atoms with Gasteiger partial charge in [-0.2, -0.15) is 0 Å². The van der Waals surface area contributed by atoms with E-state index in [1.54, 1.807) is 0 Å². The topological polar surface area (TPSA) is 356 Å². The Labute approximate surface area is 266 Å². The fourth-order valence-corrected chi connectivity index (χ4v) is 7.94. The van der Waals surface area contributed by atoms with Gasteiger partial charge in [0.05, 0.1) is 25.9 Å². The van der Waals surface area contributed by atoms with Crippen LogP contribution in [0.15, 0.2) is 25.3 Å². The quantitative estimate of drug-likeness (QED) is 0.0908. The molecule has 7 rings (SSSR count). The van der Waals surface area contributed by atoms with Gasteiger partial charge < -0.3 is 45.6 Å². The molecule has 7 heterocycles. The van der Waals surface area contributed by atoms with Gasteiger partial charge in [0.2, 0.25) is 0 Å². The van der Waals surface area contributed by atoms with Crippen molar-refractivity contribution in [3.63, 3.8) is 0 Å². The number of aliphatic hydroxyl groups excluding tert-OH is 1. The van der Waals surface area contributed by atoms with Crippen LogP contribution in [0.3, 0.4) is 0 Å². The largest absolute Gasteiger partial charge is 0.473 e. The molecule has 0 spiro atoms. The summed E-state index contributed by atoms with van der Waals surface area (Å²) in [6.45, 7) is -1.70. The number of anilines is 2. The first-order chi connectivity index (χ1) is 22.6. The molecule has 9 N–H and O–H groups in total. The number of nitrogen functional groups attached to an aromatic ring is 2. The van der Waals surface area contributed by atoms with E-state index in [-0.39, 0.29) is 34.0 Å². The molecule has 260 valence electrons. The molecule has 3 aliphatic heterocycles. The molecule has 0 aliphatic carbocycles. The van der Waals surface area contributed by atoms with Crippen LogP contribution in [0.25, 0.3) is 22.3 Å². The zero-order valence-corrected chi connectivity index (χ0v) is 26.4. The summed E-state index contributed by atoms with van der Waals surface area (Å²) in [4.78, 5) is 63.2. The van der Waals surface area contributed by atoms with Crippen molar-refractivity contribution < 1.29 is 70.5 Å². The Kier molecular flexibility index (Phi) is 8.39. The van der Waals surface area contributed by atoms with Crippen LogP contribution in [-0.2, 0) is 45.8 Å². The maximum absolute atomic E-state index is 13.2. The van der Waals surface area contributed by atoms with Crippen LogP contribution in [0.5, 0.6) is 0 Å². The maximum atomic E-state index is 13.2. The number of fused-ring (bicyclic) bond motifs is 3. The first-order valence-electron chi connectivity index (χ1n) is 13.5. The molecular formula is C20H25N10O15P3. The monoisotopic (exact) mass is 738 g/mol. The fourth-order valence-electron chi connectivity index (χ4n) is 5.49. The van der Waals surface area contributed by atoms with Gasteiger partial charge in [-0.05, 0) is 0 Å². The maximum Gasteiger partial charge on any atom is 0.473 e. The van der Waals surface area contributed by atoms with Crippen molar-refractivity contribution in [2.24, 2.45) is 0 Å². The van der Waals surface area contributed by atoms with Gasteiger partial charge in [0, 0.05) is 0 Å². The number of nitrogens with two attached hydrogens (primary N) is 2. The Hall–Kier alpha value is -3.09. The Bertz CT molecular complexity index is 2010. The summed E-state index contributed by atoms with van der Waals surface area (Å²) in [6, 6.07) is 0. The number of hydrogen-bond acceptors (Lipinski definition) is 19. The molecule has 3 saturated heterocycles. The minimum absolute atomic E-state index is 0.000102. The smallest absolute Gasteiger partial charge is 0.386 e. The zero-order chi connectivity index (χ0) is 34.2. The average molecular weight is 738 g/mol. The second-order valence-corrected chi connectivity index (χ2v) is 14.5. The minimum atomic E-state index is -5.21. The molecule has 3 aliphatic rings. The number of nitrogens with zero attached hydrogens (tertiary/aromatic N) is 8. The first kappa shape index (κ1) is 33.4. The third kappa shape index (κ3) is 6.24. The molecule has 2 unspecified atom stereocenters. The first-order valence-corrected chi connectivity index (χ1v) is 18.0. The molecule has 0 saturated carbocycles. The summed E-state index contributed by atoms with van der Waals surface area (Å²) in [5, 5.41) is 11.2. The zero-order valence-electron chi connectivity index (χ0n) is 23.7. The Balaban J connectivity index is 1.10. The number of rotatable bonds is 10. The SMILES string of the molecule is Nc1ncnc2c1ncn2[C@@H]1O[C@H](COP(=O)(O)O)[C@@H](OP(=O)(O)OC[C@H]2O[C@@H](n3cnc4c(N)ncnc43)[C@@H]3OP(=O)(O)O[C@@H]32)[C@H]1O. The minimum Gasteiger partial charge on any atom is -0.386 e. The molecule has 0 bridgehead atoms. The molecule has 3 fully saturated rings. The van der Waals surface area contributed by atoms with Crippen molar-refractivity contribution in [1.29, 1.82) is 0 Å². The van der Waals surface area contributed by atoms with Crippen molar-refractivity contribution in [1.82, 2.24) is 39.0 Å². The van der Waals surface area contributed by atoms with Gasteiger partial charge in [-0.1, -0.05) is 0 Å². The van der Waals surface area contributed by atoms with Gasteiger partial charge in [0.15, 0.2) is 35.4 Å². The van der Waals surface area contributed by atoms with Crippen LogP contribution in [0, 0.1) is 0 Å². The van der Waals surface area contributed by atoms with E-state index in [0.717, 1.165) is 12.7 Å². The standard InChI is InChI=1S/C20H25N10O15P3/c21-15-9-17(25-3-23-15)29(5-27-9)19-11(31)12(7(41-19)1-39-46(32,33)34)43-47(35,36)40-2-8-13-14(45-48(37,38)44-13)20(42-8)30-6-28-10-16(22)24-4-26-18(10)30/h3-8,11-14,19-20,31H,1-2H2,(H,35,36)(H,37,38)(H2,21,23,25)(H2,22,24,26)(H2,32,33,34)/t7-,8-,11-,12-,13-,14-,19-,20-/m1/s1. The summed E-state index contributed by atoms with van der Waals surface area (Å²) < 4.78 is 76.4. The van der Waals surface area contributed by atoms with Crippen LogP contribution in [0.2, 0.25) is 0 Å². The van der Waals surface area contributed by atoms with Crippen molar-refractivity contribution in [3.05, 3.63) is 25.3 Å². The molecule has 10 atom stereocenters. The van der Waals surface area contributed by atoms with E-state index in [1.165, 1.54) is 21.8 Å². The lowest BCUT2D eigenvalue weighted by Gasteiger charge is -2.24. The fraction of sp³-hybridized carbons (Fsp3) is 0.500. The highest BCUT2D eigenvalue weighted by Crippen LogP contribution is 2.59. The number of phosphoric acid groups is 3. The lowest BCUT2D eigenvalue weighted by molar-refractivity contribution is -0.0640. The molecule has 0 aromatic carbocycles. The number of aromatic nitrogens is 8. The van der Waals surface area contributed by atoms with E-state index < -0.39 is 85.8 Å². The van der Waals surface area contributed by atoms with Crippen LogP contribution in [-0.4, -0.2) is 114 Å². The van der Waals surface area contributed by atoms with Gasteiger partial charge in [-0.25, -0.2) is 43.6 Å². The number of hydrogen-bond donors (Lipinski definition) is 7. The molecule has 28 heteroatoms. The van der Waals surface area contributed by atoms with Gasteiger partial charge in [-0.15, -0.1) is 0 Å². The van der Waals surface area contributed by atoms with Crippen LogP contribution >= 0.6 is 23.5 Å². The summed E-state index contributed by atoms with van der Waals surface area (Å²) >= 11 is 0. The van der Waals surface area contributed by atoms with E-state index in [1.807, 2.05) is 0 Å². The predicted octanol–water partition coefficient (Wildman–Crippen LogP) is -1.52. The Morgan fingerprint density at radius 3 is 1.96 bits per heavy atom. The number of imidazole rings is 2. The summed E-state index contributed by atoms with van der Waals surface area (Å²) in [5.74, 6) is 0.0477. The van der Waals surface area contributed by atoms with E-state index in [9.17, 15) is 38.4 Å². The summed E-state index contributed by atoms with van der Waals surface area (Å²) in [7, 11) is -14.9. The van der Waals surface area contributed by atoms with Gasteiger partial charge >= 0.3 is 23.5 Å². The lowest BCUT2D eigenvalue weighted by Crippen LogP contribution is -2.36. The number of ether oxygens (including phenoxy) is 2. The van der Waals surface area contributed by atoms with E-state index in [0.29, 0.717) is 0 Å². The van der Waals surface area contributed by atoms with Gasteiger partial charge in [-0.3, -0.25) is 31.8 Å². The Morgan fingerprint density at radius 1 is 0.812 bits per heavy atom. The normalized spacial score (nSPS) is 33.4. The highest BCUT2D eigenvalue weighted by molar-refractivity contribution is 7.48. The van der Waals surface area contributed by atoms with Crippen molar-refractivity contribution in [2.75, 3.05) is 24.7 Å². The molecule has 25 nitrogen and oxygen atoms in total. The van der Waals surface area contributed by atoms with Crippen molar-refractivity contribution in [2.45, 2.75) is 49.1 Å². The highest BCUT2D eigenvalue weighted by atomic mass is 31.2. The molecule has 4 aromatic rings. The van der Waals surface area contributed by atoms with E-state index in [2.05, 4.69) is 34.4 Å². The van der Waals surface area contributed by atoms with Gasteiger partial charge in [0.25, 0.3) is 0 Å². The molecule has 0 amide bonds. The van der Waals surface area contributed by atoms with Crippen LogP contribution < -0.4 is 11.5 Å². The average Bonchev–Trinajstić information content (AvgIpc) is 3.80. The lowest BCUT2D eigenvalue weighted by atomic mass is 10.1. The molecular weight excluding hydrogens is 713 g/mol.